The molecule has 0 aliphatic carbocycles. The van der Waals surface area contributed by atoms with Crippen LogP contribution in [0.2, 0.25) is 0 Å². The quantitative estimate of drug-likeness (QED) is 0.717. The standard InChI is InChI=1S/C24H29N3O5S/c1-16-13-27(17(2)15-28)33(30,31)24-9-8-21(20-7-5-6-19(10-20)12-25)11-22(24)32-23(16)14-26(4)18(3)29/h5-11,16-17,23,28H,13-15H2,1-4H3/t16-,17-,23-/m1/s1. The first kappa shape index (κ1) is 24.7. The number of carbonyl (C=O) groups excluding carboxylic acids is 1. The Morgan fingerprint density at radius 2 is 2.00 bits per heavy atom. The number of nitrogens with zero attached hydrogens (tertiary/aromatic N) is 3. The molecular formula is C24H29N3O5S. The first-order valence-corrected chi connectivity index (χ1v) is 12.2. The van der Waals surface area contributed by atoms with Crippen LogP contribution in [0, 0.1) is 17.2 Å². The summed E-state index contributed by atoms with van der Waals surface area (Å²) < 4.78 is 34.6. The summed E-state index contributed by atoms with van der Waals surface area (Å²) in [5.74, 6) is -0.198. The molecule has 0 spiro atoms. The highest BCUT2D eigenvalue weighted by Gasteiger charge is 2.38. The number of carbonyl (C=O) groups is 1. The monoisotopic (exact) mass is 471 g/mol. The fourth-order valence-corrected chi connectivity index (χ4v) is 5.62. The molecule has 0 saturated heterocycles. The molecule has 8 nitrogen and oxygen atoms in total. The molecule has 0 saturated carbocycles. The van der Waals surface area contributed by atoms with Crippen molar-refractivity contribution in [3.63, 3.8) is 0 Å². The minimum Gasteiger partial charge on any atom is -0.487 e. The van der Waals surface area contributed by atoms with E-state index in [-0.39, 0.29) is 42.2 Å². The van der Waals surface area contributed by atoms with Gasteiger partial charge in [0, 0.05) is 32.5 Å². The lowest BCUT2D eigenvalue weighted by atomic mass is 10.0. The van der Waals surface area contributed by atoms with Crippen LogP contribution in [-0.2, 0) is 14.8 Å². The Bertz CT molecular complexity index is 1170. The predicted molar refractivity (Wildman–Crippen MR) is 124 cm³/mol. The number of aliphatic hydroxyl groups excluding tert-OH is 1. The SMILES string of the molecule is CC(=O)N(C)C[C@H]1Oc2cc(-c3cccc(C#N)c3)ccc2S(=O)(=O)N([C@H](C)CO)C[C@H]1C. The maximum absolute atomic E-state index is 13.5. The van der Waals surface area contributed by atoms with Crippen LogP contribution in [0.15, 0.2) is 47.4 Å². The molecule has 2 aromatic carbocycles. The Kier molecular flexibility index (Phi) is 7.42. The van der Waals surface area contributed by atoms with Crippen LogP contribution in [0.3, 0.4) is 0 Å². The van der Waals surface area contributed by atoms with E-state index in [0.717, 1.165) is 5.56 Å². The molecule has 33 heavy (non-hydrogen) atoms. The summed E-state index contributed by atoms with van der Waals surface area (Å²) in [5.41, 5.74) is 1.95. The molecule has 0 radical (unpaired) electrons. The summed E-state index contributed by atoms with van der Waals surface area (Å²) in [6, 6.07) is 13.3. The zero-order valence-electron chi connectivity index (χ0n) is 19.2. The number of rotatable bonds is 5. The van der Waals surface area contributed by atoms with Gasteiger partial charge in [0.2, 0.25) is 15.9 Å². The zero-order chi connectivity index (χ0) is 24.3. The van der Waals surface area contributed by atoms with Gasteiger partial charge in [0.15, 0.2) is 0 Å². The molecule has 176 valence electrons. The number of amides is 1. The second-order valence-corrected chi connectivity index (χ2v) is 10.4. The summed E-state index contributed by atoms with van der Waals surface area (Å²) in [6.45, 7) is 5.10. The molecule has 2 aromatic rings. The molecule has 0 aromatic heterocycles. The third-order valence-electron chi connectivity index (χ3n) is 5.98. The van der Waals surface area contributed by atoms with Crippen molar-refractivity contribution in [1.82, 2.24) is 9.21 Å². The Morgan fingerprint density at radius 3 is 2.64 bits per heavy atom. The van der Waals surface area contributed by atoms with Crippen LogP contribution in [-0.4, -0.2) is 67.5 Å². The number of benzene rings is 2. The summed E-state index contributed by atoms with van der Waals surface area (Å²) in [6.07, 6.45) is -0.470. The van der Waals surface area contributed by atoms with Gasteiger partial charge in [-0.2, -0.15) is 9.57 Å². The van der Waals surface area contributed by atoms with Crippen molar-refractivity contribution in [2.24, 2.45) is 5.92 Å². The molecule has 1 amide bonds. The molecule has 0 bridgehead atoms. The van der Waals surface area contributed by atoms with Crippen LogP contribution in [0.5, 0.6) is 5.75 Å². The topological polar surface area (TPSA) is 111 Å². The fraction of sp³-hybridized carbons (Fsp3) is 0.417. The number of likely N-dealkylation sites (N-methyl/N-ethyl adjacent to an activating group) is 1. The van der Waals surface area contributed by atoms with Gasteiger partial charge in [-0.1, -0.05) is 25.1 Å². The number of aliphatic hydroxyl groups is 1. The highest BCUT2D eigenvalue weighted by molar-refractivity contribution is 7.89. The molecule has 0 unspecified atom stereocenters. The molecule has 9 heteroatoms. The van der Waals surface area contributed by atoms with Gasteiger partial charge in [-0.25, -0.2) is 8.42 Å². The summed E-state index contributed by atoms with van der Waals surface area (Å²) in [5, 5.41) is 18.9. The average molecular weight is 472 g/mol. The van der Waals surface area contributed by atoms with Crippen molar-refractivity contribution in [3.8, 4) is 22.9 Å². The number of nitriles is 1. The summed E-state index contributed by atoms with van der Waals surface area (Å²) >= 11 is 0. The van der Waals surface area contributed by atoms with Crippen LogP contribution in [0.4, 0.5) is 0 Å². The third kappa shape index (κ3) is 5.19. The minimum atomic E-state index is -3.95. The summed E-state index contributed by atoms with van der Waals surface area (Å²) in [4.78, 5) is 13.4. The van der Waals surface area contributed by atoms with E-state index in [2.05, 4.69) is 6.07 Å². The minimum absolute atomic E-state index is 0.00497. The van der Waals surface area contributed by atoms with Crippen molar-refractivity contribution in [2.45, 2.75) is 37.8 Å². The molecule has 3 rings (SSSR count). The Hall–Kier alpha value is -2.93. The van der Waals surface area contributed by atoms with E-state index in [4.69, 9.17) is 4.74 Å². The van der Waals surface area contributed by atoms with Gasteiger partial charge in [0.05, 0.1) is 24.8 Å². The van der Waals surface area contributed by atoms with Gasteiger partial charge in [0.1, 0.15) is 16.7 Å². The van der Waals surface area contributed by atoms with Crippen LogP contribution >= 0.6 is 0 Å². The second-order valence-electron chi connectivity index (χ2n) is 8.49. The van der Waals surface area contributed by atoms with Gasteiger partial charge in [-0.15, -0.1) is 0 Å². The van der Waals surface area contributed by atoms with Crippen molar-refractivity contribution in [2.75, 3.05) is 26.7 Å². The van der Waals surface area contributed by atoms with E-state index in [0.29, 0.717) is 11.1 Å². The normalized spacial score (nSPS) is 21.0. The molecule has 1 N–H and O–H groups in total. The maximum atomic E-state index is 13.5. The Labute approximate surface area is 195 Å². The second kappa shape index (κ2) is 9.91. The van der Waals surface area contributed by atoms with E-state index in [9.17, 15) is 23.6 Å². The van der Waals surface area contributed by atoms with E-state index in [1.807, 2.05) is 13.0 Å². The van der Waals surface area contributed by atoms with Gasteiger partial charge in [-0.05, 0) is 42.3 Å². The molecule has 3 atom stereocenters. The lowest BCUT2D eigenvalue weighted by Gasteiger charge is -2.37. The summed E-state index contributed by atoms with van der Waals surface area (Å²) in [7, 11) is -2.28. The van der Waals surface area contributed by atoms with Crippen molar-refractivity contribution in [1.29, 1.82) is 5.26 Å². The Morgan fingerprint density at radius 1 is 1.30 bits per heavy atom. The first-order chi connectivity index (χ1) is 15.6. The van der Waals surface area contributed by atoms with E-state index in [1.165, 1.54) is 22.2 Å². The predicted octanol–water partition coefficient (Wildman–Crippen LogP) is 2.47. The van der Waals surface area contributed by atoms with Crippen LogP contribution in [0.25, 0.3) is 11.1 Å². The van der Waals surface area contributed by atoms with Gasteiger partial charge in [0.25, 0.3) is 0 Å². The van der Waals surface area contributed by atoms with Crippen molar-refractivity contribution >= 4 is 15.9 Å². The molecular weight excluding hydrogens is 442 g/mol. The number of sulfonamides is 1. The lowest BCUT2D eigenvalue weighted by molar-refractivity contribution is -0.129. The first-order valence-electron chi connectivity index (χ1n) is 10.7. The zero-order valence-corrected chi connectivity index (χ0v) is 20.0. The molecule has 1 heterocycles. The molecule has 1 aliphatic rings. The maximum Gasteiger partial charge on any atom is 0.247 e. The number of hydrogen-bond acceptors (Lipinski definition) is 6. The van der Waals surface area contributed by atoms with Gasteiger partial charge < -0.3 is 14.7 Å². The van der Waals surface area contributed by atoms with E-state index < -0.39 is 22.2 Å². The average Bonchev–Trinajstić information content (AvgIpc) is 2.80. The third-order valence-corrected chi connectivity index (χ3v) is 8.00. The van der Waals surface area contributed by atoms with Crippen LogP contribution in [0.1, 0.15) is 26.3 Å². The number of hydrogen-bond donors (Lipinski definition) is 1. The number of fused-ring (bicyclic) bond motifs is 1. The highest BCUT2D eigenvalue weighted by atomic mass is 32.2. The van der Waals surface area contributed by atoms with Crippen LogP contribution < -0.4 is 4.74 Å². The lowest BCUT2D eigenvalue weighted by Crippen LogP contribution is -2.50. The van der Waals surface area contributed by atoms with Gasteiger partial charge in [-0.3, -0.25) is 4.79 Å². The van der Waals surface area contributed by atoms with E-state index >= 15 is 0 Å². The van der Waals surface area contributed by atoms with Crippen molar-refractivity contribution in [3.05, 3.63) is 48.0 Å². The number of ether oxygens (including phenoxy) is 1. The van der Waals surface area contributed by atoms with Crippen molar-refractivity contribution < 1.29 is 23.1 Å². The largest absolute Gasteiger partial charge is 0.487 e. The molecule has 0 fully saturated rings. The highest BCUT2D eigenvalue weighted by Crippen LogP contribution is 2.36. The van der Waals surface area contributed by atoms with Gasteiger partial charge >= 0.3 is 0 Å². The Balaban J connectivity index is 2.15. The molecule has 1 aliphatic heterocycles. The van der Waals surface area contributed by atoms with E-state index in [1.54, 1.807) is 44.3 Å². The smallest absolute Gasteiger partial charge is 0.247 e. The fourth-order valence-electron chi connectivity index (χ4n) is 3.79.